The van der Waals surface area contributed by atoms with E-state index in [1.165, 1.54) is 32.4 Å². The van der Waals surface area contributed by atoms with Gasteiger partial charge >= 0.3 is 0 Å². The smallest absolute Gasteiger partial charge is 0.288 e. The van der Waals surface area contributed by atoms with Crippen molar-refractivity contribution in [3.05, 3.63) is 41.7 Å². The van der Waals surface area contributed by atoms with Gasteiger partial charge in [-0.3, -0.25) is 4.79 Å². The molecule has 3 aliphatic rings. The number of benzene rings is 1. The number of unbranched alkanes of at least 4 members (excludes halogenated alkanes) is 1. The average Bonchev–Trinajstić information content (AvgIpc) is 2.91. The van der Waals surface area contributed by atoms with E-state index < -0.39 is 6.29 Å². The minimum atomic E-state index is -0.472. The maximum absolute atomic E-state index is 13.4. The van der Waals surface area contributed by atoms with Gasteiger partial charge in [-0.1, -0.05) is 18.6 Å². The number of hydrogen-bond acceptors (Lipinski definition) is 6. The van der Waals surface area contributed by atoms with Gasteiger partial charge in [0.25, 0.3) is 5.91 Å². The molecule has 1 aromatic rings. The summed E-state index contributed by atoms with van der Waals surface area (Å²) in [5.41, 5.74) is 1.11. The fourth-order valence-electron chi connectivity index (χ4n) is 5.30. The van der Waals surface area contributed by atoms with Gasteiger partial charge in [0, 0.05) is 38.1 Å². The SMILES string of the molecule is COc1ccc([C@@H]2C=C(C(=O)N3CCC(N4CCCCC4)CC3)O[C@H](OCCCCO)C2)cc1. The number of ether oxygens (including phenoxy) is 3. The zero-order valence-electron chi connectivity index (χ0n) is 20.5. The third kappa shape index (κ3) is 6.52. The van der Waals surface area contributed by atoms with Crippen LogP contribution in [0.4, 0.5) is 0 Å². The number of carbonyl (C=O) groups is 1. The molecule has 1 N–H and O–H groups in total. The fraction of sp³-hybridized carbons (Fsp3) is 0.667. The van der Waals surface area contributed by atoms with Crippen LogP contribution in [0, 0.1) is 0 Å². The summed E-state index contributed by atoms with van der Waals surface area (Å²) < 4.78 is 17.3. The monoisotopic (exact) mass is 472 g/mol. The lowest BCUT2D eigenvalue weighted by Gasteiger charge is -2.40. The van der Waals surface area contributed by atoms with Crippen LogP contribution in [0.15, 0.2) is 36.1 Å². The van der Waals surface area contributed by atoms with E-state index in [1.807, 2.05) is 35.2 Å². The first kappa shape index (κ1) is 25.0. The Morgan fingerprint density at radius 2 is 1.79 bits per heavy atom. The molecule has 0 aromatic heterocycles. The number of likely N-dealkylation sites (tertiary alicyclic amines) is 2. The van der Waals surface area contributed by atoms with E-state index in [0.29, 0.717) is 31.2 Å². The molecule has 1 aromatic carbocycles. The predicted octanol–water partition coefficient (Wildman–Crippen LogP) is 3.68. The molecule has 188 valence electrons. The Morgan fingerprint density at radius 1 is 1.06 bits per heavy atom. The number of hydrogen-bond donors (Lipinski definition) is 1. The molecule has 7 heteroatoms. The Hall–Kier alpha value is -2.09. The second-order valence-corrected chi connectivity index (χ2v) is 9.62. The third-order valence-corrected chi connectivity index (χ3v) is 7.33. The molecule has 2 atom stereocenters. The maximum atomic E-state index is 13.4. The van der Waals surface area contributed by atoms with Crippen LogP contribution in [-0.4, -0.2) is 79.6 Å². The third-order valence-electron chi connectivity index (χ3n) is 7.33. The predicted molar refractivity (Wildman–Crippen MR) is 131 cm³/mol. The summed E-state index contributed by atoms with van der Waals surface area (Å²) in [7, 11) is 1.66. The van der Waals surface area contributed by atoms with Crippen LogP contribution in [0.25, 0.3) is 0 Å². The van der Waals surface area contributed by atoms with Gasteiger partial charge in [0.05, 0.1) is 13.7 Å². The number of nitrogens with zero attached hydrogens (tertiary/aromatic N) is 2. The average molecular weight is 473 g/mol. The number of aliphatic hydroxyl groups excluding tert-OH is 1. The quantitative estimate of drug-likeness (QED) is 0.553. The molecular formula is C27H40N2O5. The summed E-state index contributed by atoms with van der Waals surface area (Å²) >= 11 is 0. The minimum absolute atomic E-state index is 0.0285. The molecule has 0 saturated carbocycles. The minimum Gasteiger partial charge on any atom is -0.497 e. The molecule has 3 aliphatic heterocycles. The van der Waals surface area contributed by atoms with Crippen molar-refractivity contribution in [1.82, 2.24) is 9.80 Å². The molecule has 1 amide bonds. The van der Waals surface area contributed by atoms with Gasteiger partial charge in [-0.15, -0.1) is 0 Å². The molecular weight excluding hydrogens is 432 g/mol. The van der Waals surface area contributed by atoms with Crippen LogP contribution in [0.2, 0.25) is 0 Å². The molecule has 7 nitrogen and oxygen atoms in total. The lowest BCUT2D eigenvalue weighted by molar-refractivity contribution is -0.153. The Bertz CT molecular complexity index is 798. The summed E-state index contributed by atoms with van der Waals surface area (Å²) in [6.45, 7) is 4.60. The van der Waals surface area contributed by atoms with Crippen LogP contribution >= 0.6 is 0 Å². The highest BCUT2D eigenvalue weighted by atomic mass is 16.7. The molecule has 3 heterocycles. The second-order valence-electron chi connectivity index (χ2n) is 9.62. The zero-order valence-corrected chi connectivity index (χ0v) is 20.5. The maximum Gasteiger partial charge on any atom is 0.288 e. The van der Waals surface area contributed by atoms with Crippen molar-refractivity contribution in [2.24, 2.45) is 0 Å². The lowest BCUT2D eigenvalue weighted by atomic mass is 9.92. The number of piperidine rings is 2. The first-order valence-electron chi connectivity index (χ1n) is 13.0. The Kier molecular flexibility index (Phi) is 9.25. The number of allylic oxidation sites excluding steroid dienone is 1. The highest BCUT2D eigenvalue weighted by Gasteiger charge is 2.33. The van der Waals surface area contributed by atoms with Crippen molar-refractivity contribution in [2.75, 3.05) is 46.5 Å². The summed E-state index contributed by atoms with van der Waals surface area (Å²) in [5, 5.41) is 9.04. The van der Waals surface area contributed by atoms with Crippen molar-refractivity contribution >= 4 is 5.91 Å². The topological polar surface area (TPSA) is 71.5 Å². The van der Waals surface area contributed by atoms with Gasteiger partial charge in [0.15, 0.2) is 5.76 Å². The molecule has 0 unspecified atom stereocenters. The van der Waals surface area contributed by atoms with E-state index in [9.17, 15) is 4.79 Å². The van der Waals surface area contributed by atoms with Gasteiger partial charge in [-0.05, 0) is 75.4 Å². The number of carbonyl (C=O) groups excluding carboxylic acids is 1. The van der Waals surface area contributed by atoms with Gasteiger partial charge in [0.1, 0.15) is 5.75 Å². The van der Waals surface area contributed by atoms with Crippen molar-refractivity contribution in [1.29, 1.82) is 0 Å². The normalized spacial score (nSPS) is 24.4. The standard InChI is InChI=1S/C27H40N2O5/c1-32-24-9-7-21(8-10-24)22-19-25(34-26(20-22)33-18-6-5-17-30)27(31)29-15-11-23(12-16-29)28-13-3-2-4-14-28/h7-10,19,22-23,26,30H,2-6,11-18,20H2,1H3/t22-,26+/m1/s1. The van der Waals surface area contributed by atoms with Crippen LogP contribution in [0.1, 0.15) is 62.8 Å². The Labute approximate surface area is 203 Å². The van der Waals surface area contributed by atoms with E-state index in [1.54, 1.807) is 7.11 Å². The van der Waals surface area contributed by atoms with Crippen LogP contribution in [0.3, 0.4) is 0 Å². The van der Waals surface area contributed by atoms with Gasteiger partial charge < -0.3 is 29.1 Å². The van der Waals surface area contributed by atoms with Crippen LogP contribution < -0.4 is 4.74 Å². The second kappa shape index (κ2) is 12.6. The molecule has 0 radical (unpaired) electrons. The van der Waals surface area contributed by atoms with E-state index in [0.717, 1.165) is 43.7 Å². The van der Waals surface area contributed by atoms with Crippen molar-refractivity contribution in [2.45, 2.75) is 69.6 Å². The van der Waals surface area contributed by atoms with Crippen LogP contribution in [0.5, 0.6) is 5.75 Å². The summed E-state index contributed by atoms with van der Waals surface area (Å²) in [4.78, 5) is 18.0. The highest BCUT2D eigenvalue weighted by Crippen LogP contribution is 2.33. The van der Waals surface area contributed by atoms with Crippen molar-refractivity contribution in [3.8, 4) is 5.75 Å². The number of amides is 1. The van der Waals surface area contributed by atoms with Gasteiger partial charge in [-0.2, -0.15) is 0 Å². The lowest BCUT2D eigenvalue weighted by Crippen LogP contribution is -2.49. The molecule has 4 rings (SSSR count). The number of rotatable bonds is 9. The summed E-state index contributed by atoms with van der Waals surface area (Å²) in [5.74, 6) is 1.21. The first-order chi connectivity index (χ1) is 16.7. The van der Waals surface area contributed by atoms with E-state index in [2.05, 4.69) is 4.90 Å². The first-order valence-corrected chi connectivity index (χ1v) is 13.0. The van der Waals surface area contributed by atoms with Gasteiger partial charge in [0.2, 0.25) is 6.29 Å². The molecule has 2 fully saturated rings. The molecule has 0 bridgehead atoms. The van der Waals surface area contributed by atoms with E-state index >= 15 is 0 Å². The number of aliphatic hydroxyl groups is 1. The largest absolute Gasteiger partial charge is 0.497 e. The fourth-order valence-corrected chi connectivity index (χ4v) is 5.30. The van der Waals surface area contributed by atoms with E-state index in [4.69, 9.17) is 19.3 Å². The molecule has 0 aliphatic carbocycles. The Morgan fingerprint density at radius 3 is 2.47 bits per heavy atom. The Balaban J connectivity index is 1.41. The van der Waals surface area contributed by atoms with Gasteiger partial charge in [-0.25, -0.2) is 0 Å². The molecule has 34 heavy (non-hydrogen) atoms. The number of methoxy groups -OCH3 is 1. The molecule has 2 saturated heterocycles. The highest BCUT2D eigenvalue weighted by molar-refractivity contribution is 5.91. The zero-order chi connectivity index (χ0) is 23.8. The van der Waals surface area contributed by atoms with Crippen molar-refractivity contribution in [3.63, 3.8) is 0 Å². The molecule has 0 spiro atoms. The van der Waals surface area contributed by atoms with Crippen molar-refractivity contribution < 1.29 is 24.1 Å². The summed E-state index contributed by atoms with van der Waals surface area (Å²) in [6.07, 6.45) is 9.61. The summed E-state index contributed by atoms with van der Waals surface area (Å²) in [6, 6.07) is 8.58. The van der Waals surface area contributed by atoms with Crippen LogP contribution in [-0.2, 0) is 14.3 Å². The van der Waals surface area contributed by atoms with E-state index in [-0.39, 0.29) is 18.4 Å².